The fourth-order valence-electron chi connectivity index (χ4n) is 1.62. The van der Waals surface area contributed by atoms with E-state index in [1.807, 2.05) is 18.2 Å². The Balaban J connectivity index is 2.42. The van der Waals surface area contributed by atoms with Crippen molar-refractivity contribution in [3.05, 3.63) is 35.2 Å². The van der Waals surface area contributed by atoms with Gasteiger partial charge in [-0.3, -0.25) is 4.79 Å². The Morgan fingerprint density at radius 1 is 1.13 bits per heavy atom. The maximum atomic E-state index is 11.0. The number of amides is 1. The van der Waals surface area contributed by atoms with Crippen molar-refractivity contribution < 1.29 is 4.79 Å². The van der Waals surface area contributed by atoms with Crippen molar-refractivity contribution in [3.8, 4) is 0 Å². The van der Waals surface area contributed by atoms with Crippen LogP contribution < -0.4 is 5.73 Å². The van der Waals surface area contributed by atoms with Gasteiger partial charge in [0.2, 0.25) is 0 Å². The molecule has 74 valence electrons. The molecule has 2 N–H and O–H groups in total. The quantitative estimate of drug-likeness (QED) is 0.689. The number of fused-ring (bicyclic) bond motifs is 3. The van der Waals surface area contributed by atoms with Crippen molar-refractivity contribution in [1.29, 1.82) is 0 Å². The number of rotatable bonds is 1. The summed E-state index contributed by atoms with van der Waals surface area (Å²) in [5.74, 6) is -0.340. The van der Waals surface area contributed by atoms with Crippen LogP contribution in [0.2, 0.25) is 0 Å². The minimum Gasteiger partial charge on any atom is -0.365 e. The number of primary amides is 1. The van der Waals surface area contributed by atoms with Gasteiger partial charge in [-0.2, -0.15) is 0 Å². The highest BCUT2D eigenvalue weighted by atomic mass is 32.1. The molecule has 0 aliphatic heterocycles. The second-order valence-electron chi connectivity index (χ2n) is 3.27. The van der Waals surface area contributed by atoms with E-state index < -0.39 is 0 Å². The first kappa shape index (κ1) is 8.88. The molecule has 0 fully saturated rings. The van der Waals surface area contributed by atoms with E-state index in [0.717, 1.165) is 4.70 Å². The number of carbonyl (C=O) groups excluding carboxylic acids is 1. The van der Waals surface area contributed by atoms with Crippen molar-refractivity contribution in [3.63, 3.8) is 0 Å². The number of thiophene rings is 2. The molecule has 0 spiro atoms. The van der Waals surface area contributed by atoms with Crippen LogP contribution in [0.4, 0.5) is 0 Å². The van der Waals surface area contributed by atoms with Gasteiger partial charge < -0.3 is 5.73 Å². The summed E-state index contributed by atoms with van der Waals surface area (Å²) in [6, 6.07) is 10.1. The molecular weight excluding hydrogens is 226 g/mol. The lowest BCUT2D eigenvalue weighted by Gasteiger charge is -1.87. The summed E-state index contributed by atoms with van der Waals surface area (Å²) >= 11 is 3.18. The van der Waals surface area contributed by atoms with Crippen LogP contribution in [-0.4, -0.2) is 5.91 Å². The topological polar surface area (TPSA) is 43.1 Å². The number of hydrogen-bond donors (Lipinski definition) is 1. The van der Waals surface area contributed by atoms with Gasteiger partial charge in [0.25, 0.3) is 5.91 Å². The average molecular weight is 233 g/mol. The molecule has 2 aromatic heterocycles. The molecule has 0 unspecified atom stereocenters. The second-order valence-corrected chi connectivity index (χ2v) is 5.40. The summed E-state index contributed by atoms with van der Waals surface area (Å²) in [6.07, 6.45) is 0. The van der Waals surface area contributed by atoms with E-state index in [2.05, 4.69) is 12.1 Å². The van der Waals surface area contributed by atoms with Crippen LogP contribution in [0, 0.1) is 0 Å². The summed E-state index contributed by atoms with van der Waals surface area (Å²) in [5, 5.41) is 1.22. The maximum Gasteiger partial charge on any atom is 0.258 e. The minimum atomic E-state index is -0.340. The molecule has 3 aromatic rings. The van der Waals surface area contributed by atoms with Gasteiger partial charge in [-0.15, -0.1) is 22.7 Å². The predicted molar refractivity (Wildman–Crippen MR) is 65.7 cm³/mol. The molecular formula is C11H7NOS2. The molecule has 2 nitrogen and oxygen atoms in total. The molecule has 0 radical (unpaired) electrons. The van der Waals surface area contributed by atoms with Gasteiger partial charge in [-0.1, -0.05) is 18.2 Å². The van der Waals surface area contributed by atoms with Crippen LogP contribution in [0.5, 0.6) is 0 Å². The molecule has 15 heavy (non-hydrogen) atoms. The molecule has 1 amide bonds. The van der Waals surface area contributed by atoms with E-state index in [9.17, 15) is 4.79 Å². The highest BCUT2D eigenvalue weighted by molar-refractivity contribution is 7.33. The molecule has 3 rings (SSSR count). The third kappa shape index (κ3) is 1.26. The third-order valence-corrected chi connectivity index (χ3v) is 4.72. The Kier molecular flexibility index (Phi) is 1.81. The Labute approximate surface area is 93.9 Å². The molecule has 0 saturated carbocycles. The predicted octanol–water partition coefficient (Wildman–Crippen LogP) is 3.21. The van der Waals surface area contributed by atoms with E-state index in [4.69, 9.17) is 5.73 Å². The Morgan fingerprint density at radius 3 is 2.73 bits per heavy atom. The SMILES string of the molecule is NC(=O)c1cc2sc3ccccc3c2s1. The zero-order valence-electron chi connectivity index (χ0n) is 7.69. The van der Waals surface area contributed by atoms with Crippen LogP contribution in [0.25, 0.3) is 19.5 Å². The summed E-state index contributed by atoms with van der Waals surface area (Å²) in [7, 11) is 0. The molecule has 0 bridgehead atoms. The van der Waals surface area contributed by atoms with Crippen molar-refractivity contribution in [1.82, 2.24) is 0 Å². The normalized spacial score (nSPS) is 11.2. The van der Waals surface area contributed by atoms with E-state index in [1.165, 1.54) is 26.1 Å². The average Bonchev–Trinajstić information content (AvgIpc) is 2.73. The molecule has 0 aliphatic rings. The van der Waals surface area contributed by atoms with Crippen molar-refractivity contribution >= 4 is 48.1 Å². The molecule has 0 aliphatic carbocycles. The first-order valence-electron chi connectivity index (χ1n) is 4.46. The van der Waals surface area contributed by atoms with E-state index in [0.29, 0.717) is 4.88 Å². The Bertz CT molecular complexity index is 665. The molecule has 0 atom stereocenters. The highest BCUT2D eigenvalue weighted by Gasteiger charge is 2.11. The first-order valence-corrected chi connectivity index (χ1v) is 6.10. The van der Waals surface area contributed by atoms with E-state index >= 15 is 0 Å². The molecule has 4 heteroatoms. The van der Waals surface area contributed by atoms with Gasteiger partial charge in [0, 0.05) is 14.8 Å². The Hall–Kier alpha value is -1.39. The van der Waals surface area contributed by atoms with Gasteiger partial charge >= 0.3 is 0 Å². The van der Waals surface area contributed by atoms with Crippen LogP contribution in [-0.2, 0) is 0 Å². The summed E-state index contributed by atoms with van der Waals surface area (Å²) < 4.78 is 3.58. The van der Waals surface area contributed by atoms with E-state index in [-0.39, 0.29) is 5.91 Å². The lowest BCUT2D eigenvalue weighted by Crippen LogP contribution is -2.07. The molecule has 1 aromatic carbocycles. The third-order valence-electron chi connectivity index (χ3n) is 2.29. The lowest BCUT2D eigenvalue weighted by atomic mass is 10.2. The summed E-state index contributed by atoms with van der Waals surface area (Å²) in [6.45, 7) is 0. The summed E-state index contributed by atoms with van der Waals surface area (Å²) in [5.41, 5.74) is 5.26. The second kappa shape index (κ2) is 3.05. The van der Waals surface area contributed by atoms with Crippen molar-refractivity contribution in [2.24, 2.45) is 5.73 Å². The zero-order valence-corrected chi connectivity index (χ0v) is 9.32. The van der Waals surface area contributed by atoms with Crippen LogP contribution >= 0.6 is 22.7 Å². The lowest BCUT2D eigenvalue weighted by molar-refractivity contribution is 0.100. The van der Waals surface area contributed by atoms with Gasteiger partial charge in [0.15, 0.2) is 0 Å². The van der Waals surface area contributed by atoms with Gasteiger partial charge in [0.05, 0.1) is 9.58 Å². The minimum absolute atomic E-state index is 0.340. The molecule has 0 saturated heterocycles. The van der Waals surface area contributed by atoms with Crippen molar-refractivity contribution in [2.45, 2.75) is 0 Å². The maximum absolute atomic E-state index is 11.0. The van der Waals surface area contributed by atoms with Crippen LogP contribution in [0.3, 0.4) is 0 Å². The summed E-state index contributed by atoms with van der Waals surface area (Å²) in [4.78, 5) is 11.7. The van der Waals surface area contributed by atoms with Crippen LogP contribution in [0.15, 0.2) is 30.3 Å². The largest absolute Gasteiger partial charge is 0.365 e. The van der Waals surface area contributed by atoms with Gasteiger partial charge in [-0.05, 0) is 12.1 Å². The standard InChI is InChI=1S/C11H7NOS2/c12-11(13)9-5-8-10(15-9)6-3-1-2-4-7(6)14-8/h1-5H,(H2,12,13). The monoisotopic (exact) mass is 233 g/mol. The number of nitrogens with two attached hydrogens (primary N) is 1. The smallest absolute Gasteiger partial charge is 0.258 e. The van der Waals surface area contributed by atoms with Gasteiger partial charge in [0.1, 0.15) is 0 Å². The number of carbonyl (C=O) groups is 1. The van der Waals surface area contributed by atoms with Crippen molar-refractivity contribution in [2.75, 3.05) is 0 Å². The highest BCUT2D eigenvalue weighted by Crippen LogP contribution is 2.38. The Morgan fingerprint density at radius 2 is 1.93 bits per heavy atom. The number of hydrogen-bond acceptors (Lipinski definition) is 3. The first-order chi connectivity index (χ1) is 7.25. The fraction of sp³-hybridized carbons (Fsp3) is 0. The van der Waals surface area contributed by atoms with Crippen LogP contribution in [0.1, 0.15) is 9.67 Å². The zero-order chi connectivity index (χ0) is 10.4. The van der Waals surface area contributed by atoms with Gasteiger partial charge in [-0.25, -0.2) is 0 Å². The fourth-order valence-corrected chi connectivity index (χ4v) is 4.00. The van der Waals surface area contributed by atoms with E-state index in [1.54, 1.807) is 11.3 Å². The molecule has 2 heterocycles. The number of benzene rings is 1.